The second-order valence-electron chi connectivity index (χ2n) is 10.1. The average Bonchev–Trinajstić information content (AvgIpc) is 3.53. The molecule has 3 amide bonds. The van der Waals surface area contributed by atoms with Gasteiger partial charge in [0.15, 0.2) is 11.5 Å². The Balaban J connectivity index is 0.00000304. The quantitative estimate of drug-likeness (QED) is 0.652. The van der Waals surface area contributed by atoms with Crippen molar-refractivity contribution in [3.63, 3.8) is 0 Å². The molecule has 2 fully saturated rings. The number of amides is 3. The van der Waals surface area contributed by atoms with E-state index in [1.54, 1.807) is 6.92 Å². The van der Waals surface area contributed by atoms with Crippen molar-refractivity contribution in [3.8, 4) is 0 Å². The molecule has 2 aromatic rings. The van der Waals surface area contributed by atoms with Crippen LogP contribution >= 0.6 is 0 Å². The highest BCUT2D eigenvalue weighted by Gasteiger charge is 2.41. The van der Waals surface area contributed by atoms with Gasteiger partial charge in [0, 0.05) is 50.5 Å². The maximum atomic E-state index is 13.7. The Morgan fingerprint density at radius 1 is 1.08 bits per heavy atom. The van der Waals surface area contributed by atoms with E-state index in [9.17, 15) is 9.59 Å². The lowest BCUT2D eigenvalue weighted by atomic mass is 9.97. The van der Waals surface area contributed by atoms with Gasteiger partial charge in [-0.3, -0.25) is 14.8 Å². The summed E-state index contributed by atoms with van der Waals surface area (Å²) in [6.07, 6.45) is 2.23. The van der Waals surface area contributed by atoms with Crippen molar-refractivity contribution in [1.82, 2.24) is 35.2 Å². The number of H-pyrrole nitrogens is 1. The first-order chi connectivity index (χ1) is 16.8. The fourth-order valence-electron chi connectivity index (χ4n) is 5.43. The third-order valence-corrected chi connectivity index (χ3v) is 7.65. The van der Waals surface area contributed by atoms with Gasteiger partial charge in [0.05, 0.1) is 18.3 Å². The number of nitrogens with one attached hydrogen (secondary N) is 2. The highest BCUT2D eigenvalue weighted by atomic mass is 16.6. The van der Waals surface area contributed by atoms with E-state index in [-0.39, 0.29) is 31.2 Å². The van der Waals surface area contributed by atoms with Crippen molar-refractivity contribution in [1.29, 1.82) is 0 Å². The lowest BCUT2D eigenvalue weighted by molar-refractivity contribution is 0.0127. The lowest BCUT2D eigenvalue weighted by Crippen LogP contribution is -2.60. The van der Waals surface area contributed by atoms with E-state index in [2.05, 4.69) is 49.2 Å². The predicted molar refractivity (Wildman–Crippen MR) is 132 cm³/mol. The molecule has 0 saturated carbocycles. The molecule has 36 heavy (non-hydrogen) atoms. The molecule has 0 aromatic carbocycles. The number of aryl methyl sites for hydroxylation is 1. The monoisotopic (exact) mass is 502 g/mol. The number of urea groups is 1. The number of piperazine rings is 1. The van der Waals surface area contributed by atoms with Crippen LogP contribution in [0.2, 0.25) is 0 Å². The zero-order valence-electron chi connectivity index (χ0n) is 20.8. The predicted octanol–water partition coefficient (Wildman–Crippen LogP) is 2.81. The molecule has 2 saturated heterocycles. The molecular weight excluding hydrogens is 464 g/mol. The fourth-order valence-corrected chi connectivity index (χ4v) is 5.43. The molecule has 1 unspecified atom stereocenters. The van der Waals surface area contributed by atoms with Crippen LogP contribution in [0.25, 0.3) is 0 Å². The summed E-state index contributed by atoms with van der Waals surface area (Å²) in [5.74, 6) is 0.623. The highest BCUT2D eigenvalue weighted by Crippen LogP contribution is 2.37. The van der Waals surface area contributed by atoms with Gasteiger partial charge in [0.2, 0.25) is 0 Å². The number of aromatic amines is 1. The number of aromatic nitrogens is 4. The molecule has 0 bridgehead atoms. The van der Waals surface area contributed by atoms with Crippen LogP contribution < -0.4 is 5.32 Å². The molecule has 198 valence electrons. The normalized spacial score (nSPS) is 24.9. The number of nitrogens with zero attached hydrogens (tertiary/aromatic N) is 6. The molecule has 3 atom stereocenters. The molecule has 5 rings (SSSR count). The Morgan fingerprint density at radius 3 is 2.53 bits per heavy atom. The lowest BCUT2D eigenvalue weighted by Gasteiger charge is -2.46. The van der Waals surface area contributed by atoms with E-state index in [4.69, 9.17) is 4.74 Å². The number of anilines is 1. The number of rotatable bonds is 4. The van der Waals surface area contributed by atoms with Gasteiger partial charge in [0.25, 0.3) is 5.91 Å². The summed E-state index contributed by atoms with van der Waals surface area (Å²) in [4.78, 5) is 32.6. The minimum absolute atomic E-state index is 0. The second-order valence-corrected chi connectivity index (χ2v) is 10.1. The summed E-state index contributed by atoms with van der Waals surface area (Å²) >= 11 is 0. The van der Waals surface area contributed by atoms with E-state index in [0.717, 1.165) is 50.4 Å². The fraction of sp³-hybridized carbons (Fsp3) is 0.708. The number of hydrogen-bond acceptors (Lipinski definition) is 8. The van der Waals surface area contributed by atoms with Crippen LogP contribution in [0.15, 0.2) is 4.63 Å². The summed E-state index contributed by atoms with van der Waals surface area (Å²) in [5, 5.41) is 17.3. The SMILES string of the molecule is C.Cc1nonc1C(=O)Nc1n[nH]c2c1CN(C(=O)N1C[C@@H](C)N(CC3CCOCC3)C[C@@H]1C)C2C. The van der Waals surface area contributed by atoms with Crippen molar-refractivity contribution >= 4 is 17.8 Å². The van der Waals surface area contributed by atoms with Crippen molar-refractivity contribution in [3.05, 3.63) is 22.6 Å². The van der Waals surface area contributed by atoms with Crippen LogP contribution in [0, 0.1) is 12.8 Å². The Morgan fingerprint density at radius 2 is 1.83 bits per heavy atom. The Labute approximate surface area is 211 Å². The maximum Gasteiger partial charge on any atom is 0.321 e. The largest absolute Gasteiger partial charge is 0.381 e. The molecule has 12 heteroatoms. The van der Waals surface area contributed by atoms with E-state index < -0.39 is 5.91 Å². The van der Waals surface area contributed by atoms with E-state index in [1.165, 1.54) is 0 Å². The number of ether oxygens (including phenoxy) is 1. The van der Waals surface area contributed by atoms with Crippen molar-refractivity contribution in [2.24, 2.45) is 5.92 Å². The summed E-state index contributed by atoms with van der Waals surface area (Å²) in [5.41, 5.74) is 2.16. The Bertz CT molecular complexity index is 1080. The molecule has 0 aliphatic carbocycles. The molecule has 0 radical (unpaired) electrons. The van der Waals surface area contributed by atoms with Gasteiger partial charge in [-0.1, -0.05) is 12.6 Å². The minimum Gasteiger partial charge on any atom is -0.381 e. The van der Waals surface area contributed by atoms with Crippen LogP contribution in [-0.2, 0) is 11.3 Å². The third-order valence-electron chi connectivity index (χ3n) is 7.65. The van der Waals surface area contributed by atoms with Gasteiger partial charge < -0.3 is 19.9 Å². The molecule has 5 heterocycles. The van der Waals surface area contributed by atoms with E-state index >= 15 is 0 Å². The van der Waals surface area contributed by atoms with Gasteiger partial charge in [-0.05, 0) is 51.6 Å². The summed E-state index contributed by atoms with van der Waals surface area (Å²) in [7, 11) is 0. The molecule has 0 spiro atoms. The molecule has 3 aliphatic heterocycles. The van der Waals surface area contributed by atoms with Crippen molar-refractivity contribution in [2.45, 2.75) is 72.6 Å². The second kappa shape index (κ2) is 10.6. The smallest absolute Gasteiger partial charge is 0.321 e. The minimum atomic E-state index is -0.446. The van der Waals surface area contributed by atoms with Gasteiger partial charge in [-0.15, -0.1) is 0 Å². The molecular formula is C24H38N8O4. The van der Waals surface area contributed by atoms with Crippen LogP contribution in [0.1, 0.15) is 74.5 Å². The van der Waals surface area contributed by atoms with Gasteiger partial charge >= 0.3 is 6.03 Å². The van der Waals surface area contributed by atoms with Crippen molar-refractivity contribution in [2.75, 3.05) is 38.2 Å². The summed E-state index contributed by atoms with van der Waals surface area (Å²) in [6, 6.07) is 0.254. The number of carbonyl (C=O) groups is 2. The topological polar surface area (TPSA) is 133 Å². The van der Waals surface area contributed by atoms with Gasteiger partial charge in [-0.2, -0.15) is 5.10 Å². The zero-order chi connectivity index (χ0) is 24.7. The first kappa shape index (κ1) is 26.1. The van der Waals surface area contributed by atoms with Gasteiger partial charge in [0.1, 0.15) is 5.69 Å². The maximum absolute atomic E-state index is 13.7. The van der Waals surface area contributed by atoms with Crippen LogP contribution in [-0.4, -0.2) is 92.1 Å². The molecule has 12 nitrogen and oxygen atoms in total. The molecule has 2 aromatic heterocycles. The van der Waals surface area contributed by atoms with E-state index in [0.29, 0.717) is 36.6 Å². The first-order valence-corrected chi connectivity index (χ1v) is 12.4. The standard InChI is InChI=1S/C23H34N8O4.CH4/c1-13-10-30(14(2)9-29(13)11-17-5-7-34-8-6-17)23(33)31-12-18-20(16(31)4)25-26-21(18)24-22(32)19-15(3)27-35-28-19;/h13-14,16-17H,5-12H2,1-4H3,(H2,24,25,26,32);1H4/t13-,14+,16?;/m1./s1. The van der Waals surface area contributed by atoms with Crippen LogP contribution in [0.3, 0.4) is 0 Å². The Kier molecular flexibility index (Phi) is 7.65. The number of hydrogen-bond donors (Lipinski definition) is 2. The highest BCUT2D eigenvalue weighted by molar-refractivity contribution is 6.03. The van der Waals surface area contributed by atoms with E-state index in [1.807, 2.05) is 16.7 Å². The number of carbonyl (C=O) groups excluding carboxylic acids is 2. The Hall–Kier alpha value is -2.99. The zero-order valence-corrected chi connectivity index (χ0v) is 20.8. The third kappa shape index (κ3) is 4.83. The van der Waals surface area contributed by atoms with Crippen LogP contribution in [0.4, 0.5) is 10.6 Å². The summed E-state index contributed by atoms with van der Waals surface area (Å²) in [6.45, 7) is 12.7. The molecule has 2 N–H and O–H groups in total. The average molecular weight is 503 g/mol. The first-order valence-electron chi connectivity index (χ1n) is 12.4. The van der Waals surface area contributed by atoms with Crippen molar-refractivity contribution < 1.29 is 19.0 Å². The summed E-state index contributed by atoms with van der Waals surface area (Å²) < 4.78 is 10.1. The van der Waals surface area contributed by atoms with Gasteiger partial charge in [-0.25, -0.2) is 9.42 Å². The number of fused-ring (bicyclic) bond motifs is 1. The van der Waals surface area contributed by atoms with Crippen LogP contribution in [0.5, 0.6) is 0 Å². The molecule has 3 aliphatic rings.